The third-order valence-corrected chi connectivity index (χ3v) is 4.93. The molecule has 1 aliphatic heterocycles. The van der Waals surface area contributed by atoms with Gasteiger partial charge in [-0.3, -0.25) is 0 Å². The number of likely N-dealkylation sites (N-methyl/N-ethyl adjacent to an activating group) is 1. The molecule has 19 heavy (non-hydrogen) atoms. The van der Waals surface area contributed by atoms with E-state index in [1.54, 1.807) is 0 Å². The van der Waals surface area contributed by atoms with Gasteiger partial charge < -0.3 is 10.2 Å². The smallest absolute Gasteiger partial charge is 0.211 e. The van der Waals surface area contributed by atoms with Crippen LogP contribution in [0.2, 0.25) is 0 Å². The minimum absolute atomic E-state index is 0.0990. The van der Waals surface area contributed by atoms with Crippen LogP contribution in [0.3, 0.4) is 0 Å². The number of nitrogens with one attached hydrogen (secondary N) is 2. The van der Waals surface area contributed by atoms with Crippen LogP contribution in [0.1, 0.15) is 39.0 Å². The van der Waals surface area contributed by atoms with Gasteiger partial charge in [-0.25, -0.2) is 13.1 Å². The lowest BCUT2D eigenvalue weighted by Gasteiger charge is -2.29. The van der Waals surface area contributed by atoms with Crippen molar-refractivity contribution in [1.29, 1.82) is 0 Å². The fourth-order valence-corrected chi connectivity index (χ4v) is 3.82. The third-order valence-electron chi connectivity index (χ3n) is 3.41. The van der Waals surface area contributed by atoms with Crippen LogP contribution in [-0.4, -0.2) is 58.3 Å². The topological polar surface area (TPSA) is 61.4 Å². The molecule has 0 aromatic rings. The van der Waals surface area contributed by atoms with Gasteiger partial charge in [0.2, 0.25) is 10.0 Å². The average molecular weight is 291 g/mol. The Balaban J connectivity index is 2.16. The van der Waals surface area contributed by atoms with E-state index >= 15 is 0 Å². The minimum atomic E-state index is -3.10. The molecule has 0 aromatic carbocycles. The number of hydrogen-bond donors (Lipinski definition) is 2. The van der Waals surface area contributed by atoms with Crippen LogP contribution in [0.15, 0.2) is 0 Å². The zero-order valence-electron chi connectivity index (χ0n) is 12.3. The quantitative estimate of drug-likeness (QED) is 0.616. The highest BCUT2D eigenvalue weighted by molar-refractivity contribution is 7.89. The second-order valence-corrected chi connectivity index (χ2v) is 7.37. The zero-order valence-corrected chi connectivity index (χ0v) is 13.1. The van der Waals surface area contributed by atoms with Crippen LogP contribution in [-0.2, 0) is 10.0 Å². The van der Waals surface area contributed by atoms with Crippen LogP contribution >= 0.6 is 0 Å². The molecule has 6 heteroatoms. The van der Waals surface area contributed by atoms with Gasteiger partial charge in [-0.2, -0.15) is 0 Å². The van der Waals surface area contributed by atoms with Crippen molar-refractivity contribution < 1.29 is 8.42 Å². The Morgan fingerprint density at radius 2 is 2.05 bits per heavy atom. The van der Waals surface area contributed by atoms with Crippen LogP contribution in [0, 0.1) is 0 Å². The van der Waals surface area contributed by atoms with Gasteiger partial charge in [-0.15, -0.1) is 0 Å². The van der Waals surface area contributed by atoms with Gasteiger partial charge in [0.25, 0.3) is 0 Å². The molecule has 0 saturated carbocycles. The predicted octanol–water partition coefficient (Wildman–Crippen LogP) is 0.780. The van der Waals surface area contributed by atoms with Crippen molar-refractivity contribution in [2.75, 3.05) is 39.0 Å². The van der Waals surface area contributed by atoms with Gasteiger partial charge in [-0.1, -0.05) is 6.92 Å². The highest BCUT2D eigenvalue weighted by Crippen LogP contribution is 2.09. The summed E-state index contributed by atoms with van der Waals surface area (Å²) in [6.45, 7) is 5.95. The highest BCUT2D eigenvalue weighted by Gasteiger charge is 2.21. The first-order chi connectivity index (χ1) is 9.03. The van der Waals surface area contributed by atoms with E-state index in [9.17, 15) is 8.42 Å². The lowest BCUT2D eigenvalue weighted by Crippen LogP contribution is -2.46. The summed E-state index contributed by atoms with van der Waals surface area (Å²) in [7, 11) is -1.06. The lowest BCUT2D eigenvalue weighted by atomic mass is 10.1. The van der Waals surface area contributed by atoms with E-state index in [-0.39, 0.29) is 11.8 Å². The second kappa shape index (κ2) is 8.89. The monoisotopic (exact) mass is 291 g/mol. The molecule has 1 fully saturated rings. The zero-order chi connectivity index (χ0) is 14.1. The fraction of sp³-hybridized carbons (Fsp3) is 1.00. The van der Waals surface area contributed by atoms with E-state index in [0.29, 0.717) is 0 Å². The average Bonchev–Trinajstić information content (AvgIpc) is 2.33. The normalized spacial score (nSPS) is 21.7. The van der Waals surface area contributed by atoms with Crippen molar-refractivity contribution in [2.45, 2.75) is 45.1 Å². The van der Waals surface area contributed by atoms with Gasteiger partial charge in [0.05, 0.1) is 5.75 Å². The molecule has 1 saturated heterocycles. The standard InChI is InChI=1S/C13H29N3O2S/c1-3-8-14-9-4-5-11-19(17,18)15-13-7-6-10-16(2)12-13/h13-15H,3-12H2,1-2H3. The number of nitrogens with zero attached hydrogens (tertiary/aromatic N) is 1. The Kier molecular flexibility index (Phi) is 7.90. The van der Waals surface area contributed by atoms with Crippen LogP contribution in [0.25, 0.3) is 0 Å². The van der Waals surface area contributed by atoms with Crippen molar-refractivity contribution in [3.63, 3.8) is 0 Å². The Morgan fingerprint density at radius 1 is 1.26 bits per heavy atom. The Morgan fingerprint density at radius 3 is 2.74 bits per heavy atom. The maximum absolute atomic E-state index is 11.9. The van der Waals surface area contributed by atoms with Gasteiger partial charge in [-0.05, 0) is 58.8 Å². The number of likely N-dealkylation sites (tertiary alicyclic amines) is 1. The van der Waals surface area contributed by atoms with Gasteiger partial charge in [0, 0.05) is 12.6 Å². The van der Waals surface area contributed by atoms with Gasteiger partial charge in [0.1, 0.15) is 0 Å². The molecule has 0 amide bonds. The van der Waals surface area contributed by atoms with Crippen molar-refractivity contribution in [3.8, 4) is 0 Å². The minimum Gasteiger partial charge on any atom is -0.317 e. The van der Waals surface area contributed by atoms with Gasteiger partial charge in [0.15, 0.2) is 0 Å². The SMILES string of the molecule is CCCNCCCCS(=O)(=O)NC1CCCN(C)C1. The summed E-state index contributed by atoms with van der Waals surface area (Å²) in [4.78, 5) is 2.19. The molecule has 1 atom stereocenters. The van der Waals surface area contributed by atoms with Crippen molar-refractivity contribution in [1.82, 2.24) is 14.9 Å². The molecule has 114 valence electrons. The second-order valence-electron chi connectivity index (χ2n) is 5.50. The maximum atomic E-state index is 11.9. The van der Waals surface area contributed by atoms with Gasteiger partial charge >= 0.3 is 0 Å². The number of sulfonamides is 1. The summed E-state index contributed by atoms with van der Waals surface area (Å²) in [5, 5.41) is 3.29. The summed E-state index contributed by atoms with van der Waals surface area (Å²) in [6, 6.07) is 0.0990. The summed E-state index contributed by atoms with van der Waals surface area (Å²) < 4.78 is 26.7. The van der Waals surface area contributed by atoms with Crippen LogP contribution < -0.4 is 10.0 Å². The van der Waals surface area contributed by atoms with E-state index in [1.165, 1.54) is 0 Å². The van der Waals surface area contributed by atoms with E-state index < -0.39 is 10.0 Å². The first-order valence-corrected chi connectivity index (χ1v) is 9.08. The summed E-state index contributed by atoms with van der Waals surface area (Å²) in [5.74, 6) is 0.251. The Bertz CT molecular complexity index is 333. The number of rotatable bonds is 9. The molecular formula is C13H29N3O2S. The Hall–Kier alpha value is -0.170. The molecule has 0 bridgehead atoms. The third kappa shape index (κ3) is 7.87. The summed E-state index contributed by atoms with van der Waals surface area (Å²) in [6.07, 6.45) is 4.81. The molecule has 1 rings (SSSR count). The molecule has 1 unspecified atom stereocenters. The number of piperidine rings is 1. The van der Waals surface area contributed by atoms with Crippen LogP contribution in [0.4, 0.5) is 0 Å². The number of hydrogen-bond acceptors (Lipinski definition) is 4. The molecule has 1 heterocycles. The van der Waals surface area contributed by atoms with Crippen molar-refractivity contribution in [2.24, 2.45) is 0 Å². The predicted molar refractivity (Wildman–Crippen MR) is 79.8 cm³/mol. The molecular weight excluding hydrogens is 262 g/mol. The first-order valence-electron chi connectivity index (χ1n) is 7.43. The maximum Gasteiger partial charge on any atom is 0.211 e. The molecule has 0 aliphatic carbocycles. The molecule has 1 aliphatic rings. The van der Waals surface area contributed by atoms with E-state index in [0.717, 1.165) is 58.3 Å². The molecule has 5 nitrogen and oxygen atoms in total. The molecule has 0 radical (unpaired) electrons. The Labute approximate surface area is 118 Å². The highest BCUT2D eigenvalue weighted by atomic mass is 32.2. The molecule has 2 N–H and O–H groups in total. The van der Waals surface area contributed by atoms with Crippen LogP contribution in [0.5, 0.6) is 0 Å². The summed E-state index contributed by atoms with van der Waals surface area (Å²) in [5.41, 5.74) is 0. The van der Waals surface area contributed by atoms with E-state index in [1.807, 2.05) is 7.05 Å². The van der Waals surface area contributed by atoms with Crippen molar-refractivity contribution >= 4 is 10.0 Å². The fourth-order valence-electron chi connectivity index (χ4n) is 2.42. The first kappa shape index (κ1) is 16.9. The molecule has 0 aromatic heterocycles. The lowest BCUT2D eigenvalue weighted by molar-refractivity contribution is 0.242. The van der Waals surface area contributed by atoms with E-state index in [4.69, 9.17) is 0 Å². The number of unbranched alkanes of at least 4 members (excludes halogenated alkanes) is 1. The van der Waals surface area contributed by atoms with E-state index in [2.05, 4.69) is 21.9 Å². The molecule has 0 spiro atoms. The van der Waals surface area contributed by atoms with Crippen molar-refractivity contribution in [3.05, 3.63) is 0 Å². The largest absolute Gasteiger partial charge is 0.317 e. The summed E-state index contributed by atoms with van der Waals surface area (Å²) >= 11 is 0.